The predicted octanol–water partition coefficient (Wildman–Crippen LogP) is 4.89. The molecule has 50 heavy (non-hydrogen) atoms. The van der Waals surface area contributed by atoms with Gasteiger partial charge in [-0.3, -0.25) is 19.6 Å². The van der Waals surface area contributed by atoms with E-state index >= 15 is 0 Å². The molecule has 2 aromatic heterocycles. The van der Waals surface area contributed by atoms with Crippen LogP contribution in [0.2, 0.25) is 10.0 Å². The number of halogens is 2. The minimum atomic E-state index is -0.465. The standard InChI is InChI=1S/2C19H20ClN3O2/c2*1-12-8-13(2-3-22-12)16-11-15(20)9-14-10-17(25-18(14)16)19(24)23-6-4-21-5-7-23/h2*2-3,8-9,11,17,21H,4-7,10H2,1H3/t2*17-/m10/s1. The van der Waals surface area contributed by atoms with Crippen LogP contribution in [-0.2, 0) is 22.4 Å². The molecule has 2 atom stereocenters. The number of nitrogens with one attached hydrogen (secondary N) is 2. The number of rotatable bonds is 4. The predicted molar refractivity (Wildman–Crippen MR) is 194 cm³/mol. The topological polar surface area (TPSA) is 109 Å². The van der Waals surface area contributed by atoms with Gasteiger partial charge in [-0.2, -0.15) is 0 Å². The van der Waals surface area contributed by atoms with Crippen molar-refractivity contribution in [2.24, 2.45) is 0 Å². The van der Waals surface area contributed by atoms with Crippen LogP contribution in [0.25, 0.3) is 22.3 Å². The number of fused-ring (bicyclic) bond motifs is 2. The molecule has 260 valence electrons. The number of amides is 2. The lowest BCUT2D eigenvalue weighted by atomic mass is 10.0. The van der Waals surface area contributed by atoms with Gasteiger partial charge in [-0.25, -0.2) is 0 Å². The van der Waals surface area contributed by atoms with Crippen LogP contribution >= 0.6 is 23.2 Å². The van der Waals surface area contributed by atoms with Gasteiger partial charge in [0.05, 0.1) is 0 Å². The Labute approximate surface area is 302 Å². The number of benzene rings is 2. The van der Waals surface area contributed by atoms with Crippen LogP contribution in [0, 0.1) is 13.8 Å². The highest BCUT2D eigenvalue weighted by atomic mass is 35.5. The smallest absolute Gasteiger partial charge is 0.264 e. The highest BCUT2D eigenvalue weighted by molar-refractivity contribution is 6.31. The Morgan fingerprint density at radius 1 is 0.660 bits per heavy atom. The number of pyridine rings is 2. The van der Waals surface area contributed by atoms with Crippen LogP contribution < -0.4 is 20.1 Å². The number of hydrogen-bond donors (Lipinski definition) is 2. The van der Waals surface area contributed by atoms with Gasteiger partial charge in [-0.1, -0.05) is 23.2 Å². The summed E-state index contributed by atoms with van der Waals surface area (Å²) >= 11 is 12.6. The maximum atomic E-state index is 12.8. The summed E-state index contributed by atoms with van der Waals surface area (Å²) in [6, 6.07) is 15.5. The first-order chi connectivity index (χ1) is 24.2. The summed E-state index contributed by atoms with van der Waals surface area (Å²) in [7, 11) is 0. The van der Waals surface area contributed by atoms with Crippen molar-refractivity contribution < 1.29 is 19.1 Å². The Balaban J connectivity index is 0.000000157. The molecule has 0 radical (unpaired) electrons. The lowest BCUT2D eigenvalue weighted by molar-refractivity contribution is -0.139. The normalized spacial score (nSPS) is 19.4. The van der Waals surface area contributed by atoms with Crippen molar-refractivity contribution in [2.75, 3.05) is 52.4 Å². The van der Waals surface area contributed by atoms with Gasteiger partial charge in [-0.05, 0) is 73.5 Å². The highest BCUT2D eigenvalue weighted by Crippen LogP contribution is 2.43. The monoisotopic (exact) mass is 714 g/mol. The Hall–Kier alpha value is -4.22. The van der Waals surface area contributed by atoms with Crippen molar-refractivity contribution in [1.29, 1.82) is 0 Å². The summed E-state index contributed by atoms with van der Waals surface area (Å²) in [6.07, 6.45) is 3.75. The molecule has 0 spiro atoms. The van der Waals surface area contributed by atoms with Crippen LogP contribution in [0.3, 0.4) is 0 Å². The lowest BCUT2D eigenvalue weighted by Gasteiger charge is -2.29. The van der Waals surface area contributed by atoms with Gasteiger partial charge in [0.15, 0.2) is 12.2 Å². The molecule has 0 aliphatic carbocycles. The van der Waals surface area contributed by atoms with E-state index in [1.165, 1.54) is 0 Å². The van der Waals surface area contributed by atoms with E-state index < -0.39 is 12.2 Å². The number of nitrogens with zero attached hydrogens (tertiary/aromatic N) is 4. The molecular weight excluding hydrogens is 675 g/mol. The molecule has 2 saturated heterocycles. The fourth-order valence-electron chi connectivity index (χ4n) is 6.96. The average Bonchev–Trinajstić information content (AvgIpc) is 3.76. The van der Waals surface area contributed by atoms with E-state index in [0.29, 0.717) is 22.9 Å². The zero-order valence-electron chi connectivity index (χ0n) is 28.2. The van der Waals surface area contributed by atoms with Crippen molar-refractivity contribution in [1.82, 2.24) is 30.4 Å². The number of aryl methyl sites for hydroxylation is 2. The summed E-state index contributed by atoms with van der Waals surface area (Å²) in [5, 5.41) is 7.83. The Morgan fingerprint density at radius 3 is 1.44 bits per heavy atom. The minimum absolute atomic E-state index is 0.0608. The Morgan fingerprint density at radius 2 is 1.06 bits per heavy atom. The molecule has 2 N–H and O–H groups in total. The summed E-state index contributed by atoms with van der Waals surface area (Å²) in [4.78, 5) is 37.8. The van der Waals surface area contributed by atoms with Crippen molar-refractivity contribution in [2.45, 2.75) is 38.9 Å². The Bertz CT molecular complexity index is 1770. The van der Waals surface area contributed by atoms with Crippen LogP contribution in [0.4, 0.5) is 0 Å². The first-order valence-corrected chi connectivity index (χ1v) is 17.8. The van der Waals surface area contributed by atoms with Gasteiger partial charge in [0.1, 0.15) is 11.5 Å². The number of carbonyl (C=O) groups excluding carboxylic acids is 2. The second kappa shape index (κ2) is 14.9. The maximum Gasteiger partial charge on any atom is 0.264 e. The Kier molecular flexibility index (Phi) is 10.2. The van der Waals surface area contributed by atoms with Gasteiger partial charge in [0.2, 0.25) is 0 Å². The third-order valence-electron chi connectivity index (χ3n) is 9.42. The van der Waals surface area contributed by atoms with Crippen LogP contribution in [0.15, 0.2) is 60.9 Å². The SMILES string of the molecule is Cc1cc(-c2cc(Cl)cc3c2O[C@@H](C(=O)N2CCNCC2)C3)ccn1.Cc1cc(-c2cc(Cl)cc3c2O[C@H](C(=O)N2CCNCC2)C3)ccn1. The first-order valence-electron chi connectivity index (χ1n) is 17.1. The summed E-state index contributed by atoms with van der Waals surface area (Å²) in [6.45, 7) is 10.1. The van der Waals surface area contributed by atoms with Gasteiger partial charge in [0, 0.05) is 121 Å². The van der Waals surface area contributed by atoms with Crippen molar-refractivity contribution in [3.8, 4) is 33.8 Å². The van der Waals surface area contributed by atoms with Crippen LogP contribution in [-0.4, -0.2) is 96.1 Å². The molecule has 4 aliphatic rings. The van der Waals surface area contributed by atoms with E-state index in [0.717, 1.165) is 109 Å². The van der Waals surface area contributed by atoms with Crippen LogP contribution in [0.5, 0.6) is 11.5 Å². The number of piperazine rings is 2. The fourth-order valence-corrected chi connectivity index (χ4v) is 7.44. The first kappa shape index (κ1) is 34.2. The molecule has 8 rings (SSSR count). The molecule has 0 bridgehead atoms. The molecular formula is C38H40Cl2N6O4. The molecule has 6 heterocycles. The number of carbonyl (C=O) groups is 2. The van der Waals surface area contributed by atoms with E-state index in [-0.39, 0.29) is 11.8 Å². The molecule has 0 saturated carbocycles. The number of ether oxygens (including phenoxy) is 2. The average molecular weight is 716 g/mol. The van der Waals surface area contributed by atoms with E-state index in [1.807, 2.05) is 72.2 Å². The third kappa shape index (κ3) is 7.44. The molecule has 2 aromatic carbocycles. The minimum Gasteiger partial charge on any atom is -0.479 e. The second-order valence-electron chi connectivity index (χ2n) is 13.0. The van der Waals surface area contributed by atoms with Crippen molar-refractivity contribution in [3.63, 3.8) is 0 Å². The fraction of sp³-hybridized carbons (Fsp3) is 0.368. The highest BCUT2D eigenvalue weighted by Gasteiger charge is 2.36. The van der Waals surface area contributed by atoms with Crippen molar-refractivity contribution in [3.05, 3.63) is 93.5 Å². The van der Waals surface area contributed by atoms with E-state index in [1.54, 1.807) is 12.4 Å². The molecule has 0 unspecified atom stereocenters. The van der Waals surface area contributed by atoms with Gasteiger partial charge in [0.25, 0.3) is 11.8 Å². The molecule has 12 heteroatoms. The number of hydrogen-bond acceptors (Lipinski definition) is 8. The third-order valence-corrected chi connectivity index (χ3v) is 9.85. The van der Waals surface area contributed by atoms with Crippen molar-refractivity contribution >= 4 is 35.0 Å². The molecule has 4 aliphatic heterocycles. The van der Waals surface area contributed by atoms with Gasteiger partial charge >= 0.3 is 0 Å². The quantitative estimate of drug-likeness (QED) is 0.308. The second-order valence-corrected chi connectivity index (χ2v) is 13.9. The molecule has 2 amide bonds. The summed E-state index contributed by atoms with van der Waals surface area (Å²) in [5.74, 6) is 1.66. The lowest BCUT2D eigenvalue weighted by Crippen LogP contribution is -2.50. The summed E-state index contributed by atoms with van der Waals surface area (Å²) in [5.41, 5.74) is 7.68. The largest absolute Gasteiger partial charge is 0.479 e. The zero-order chi connectivity index (χ0) is 34.8. The molecule has 2 fully saturated rings. The van der Waals surface area contributed by atoms with E-state index in [4.69, 9.17) is 32.7 Å². The molecule has 4 aromatic rings. The molecule has 10 nitrogen and oxygen atoms in total. The zero-order valence-corrected chi connectivity index (χ0v) is 29.7. The van der Waals surface area contributed by atoms with E-state index in [2.05, 4.69) is 20.6 Å². The van der Waals surface area contributed by atoms with Gasteiger partial charge in [-0.15, -0.1) is 0 Å². The maximum absolute atomic E-state index is 12.8. The van der Waals surface area contributed by atoms with E-state index in [9.17, 15) is 9.59 Å². The van der Waals surface area contributed by atoms with Crippen LogP contribution in [0.1, 0.15) is 22.5 Å². The number of aromatic nitrogens is 2. The summed E-state index contributed by atoms with van der Waals surface area (Å²) < 4.78 is 12.2. The van der Waals surface area contributed by atoms with Gasteiger partial charge < -0.3 is 29.9 Å².